The van der Waals surface area contributed by atoms with E-state index in [1.165, 1.54) is 12.1 Å². The number of nitrogens with zero attached hydrogens (tertiary/aromatic N) is 2. The molecule has 2 aromatic carbocycles. The molecule has 28 heavy (non-hydrogen) atoms. The van der Waals surface area contributed by atoms with E-state index in [4.69, 9.17) is 4.42 Å². The highest BCUT2D eigenvalue weighted by Crippen LogP contribution is 2.53. The largest absolute Gasteiger partial charge is 0.436 e. The van der Waals surface area contributed by atoms with Gasteiger partial charge in [-0.2, -0.15) is 26.3 Å². The molecule has 0 fully saturated rings. The lowest BCUT2D eigenvalue weighted by molar-refractivity contribution is -0.384. The summed E-state index contributed by atoms with van der Waals surface area (Å²) in [7, 11) is 0. The molecule has 0 aliphatic rings. The predicted molar refractivity (Wildman–Crippen MR) is 81.0 cm³/mol. The molecule has 0 aliphatic carbocycles. The molecule has 0 unspecified atom stereocenters. The fourth-order valence-electron chi connectivity index (χ4n) is 2.50. The van der Waals surface area contributed by atoms with Crippen molar-refractivity contribution in [3.8, 4) is 11.5 Å². The number of alkyl halides is 7. The third-order valence-electron chi connectivity index (χ3n) is 3.87. The molecule has 0 radical (unpaired) electrons. The number of nitro groups is 1. The van der Waals surface area contributed by atoms with Gasteiger partial charge < -0.3 is 4.42 Å². The van der Waals surface area contributed by atoms with Crippen molar-refractivity contribution in [2.75, 3.05) is 0 Å². The van der Waals surface area contributed by atoms with E-state index in [1.807, 2.05) is 0 Å². The van der Waals surface area contributed by atoms with Gasteiger partial charge in [-0.25, -0.2) is 9.37 Å². The molecule has 0 saturated heterocycles. The van der Waals surface area contributed by atoms with Crippen LogP contribution in [0.25, 0.3) is 22.6 Å². The van der Waals surface area contributed by atoms with Gasteiger partial charge in [0.2, 0.25) is 5.89 Å². The van der Waals surface area contributed by atoms with Gasteiger partial charge in [0.15, 0.2) is 5.58 Å². The standard InChI is InChI=1S/C16H7F7N2O3/c17-14(15(18,19)20,16(21,22)23)9-4-5-11-12(7-9)28-13(24-11)8-2-1-3-10(6-8)25(26)27/h1-7H. The summed E-state index contributed by atoms with van der Waals surface area (Å²) in [5.41, 5.74) is -8.30. The molecular weight excluding hydrogens is 401 g/mol. The molecule has 3 rings (SSSR count). The first-order valence-electron chi connectivity index (χ1n) is 7.33. The second kappa shape index (κ2) is 6.17. The first-order valence-corrected chi connectivity index (χ1v) is 7.33. The molecule has 0 aliphatic heterocycles. The van der Waals surface area contributed by atoms with Gasteiger partial charge in [-0.1, -0.05) is 12.1 Å². The number of hydrogen-bond acceptors (Lipinski definition) is 4. The summed E-state index contributed by atoms with van der Waals surface area (Å²) in [4.78, 5) is 13.9. The highest BCUT2D eigenvalue weighted by atomic mass is 19.4. The fraction of sp³-hybridized carbons (Fsp3) is 0.188. The molecule has 0 atom stereocenters. The summed E-state index contributed by atoms with van der Waals surface area (Å²) in [5.74, 6) is -0.292. The number of fused-ring (bicyclic) bond motifs is 1. The van der Waals surface area contributed by atoms with Crippen LogP contribution in [0.15, 0.2) is 46.9 Å². The summed E-state index contributed by atoms with van der Waals surface area (Å²) in [6.45, 7) is 0. The number of aromatic nitrogens is 1. The van der Waals surface area contributed by atoms with Crippen LogP contribution in [0.5, 0.6) is 0 Å². The highest BCUT2D eigenvalue weighted by Gasteiger charge is 2.73. The molecule has 12 heteroatoms. The number of benzene rings is 2. The van der Waals surface area contributed by atoms with E-state index < -0.39 is 34.1 Å². The molecular formula is C16H7F7N2O3. The molecule has 0 N–H and O–H groups in total. The molecule has 0 bridgehead atoms. The lowest BCUT2D eigenvalue weighted by Crippen LogP contribution is -2.50. The third kappa shape index (κ3) is 3.04. The van der Waals surface area contributed by atoms with E-state index in [1.54, 1.807) is 0 Å². The van der Waals surface area contributed by atoms with Gasteiger partial charge in [0.1, 0.15) is 5.52 Å². The van der Waals surface area contributed by atoms with Crippen LogP contribution in [0.4, 0.5) is 36.4 Å². The van der Waals surface area contributed by atoms with Gasteiger partial charge in [0.05, 0.1) is 4.92 Å². The van der Waals surface area contributed by atoms with Crippen LogP contribution >= 0.6 is 0 Å². The van der Waals surface area contributed by atoms with E-state index in [2.05, 4.69) is 4.98 Å². The second-order valence-electron chi connectivity index (χ2n) is 5.66. The normalized spacial score (nSPS) is 13.1. The summed E-state index contributed by atoms with van der Waals surface area (Å²) < 4.78 is 96.5. The lowest BCUT2D eigenvalue weighted by Gasteiger charge is -2.30. The minimum atomic E-state index is -6.26. The van der Waals surface area contributed by atoms with Crippen LogP contribution in [-0.4, -0.2) is 22.3 Å². The Balaban J connectivity index is 2.13. The average molecular weight is 408 g/mol. The van der Waals surface area contributed by atoms with E-state index in [9.17, 15) is 40.8 Å². The molecule has 0 saturated carbocycles. The summed E-state index contributed by atoms with van der Waals surface area (Å²) in [6, 6.07) is 6.14. The Hall–Kier alpha value is -3.18. The summed E-state index contributed by atoms with van der Waals surface area (Å²) >= 11 is 0. The zero-order chi connectivity index (χ0) is 20.9. The summed E-state index contributed by atoms with van der Waals surface area (Å²) in [5, 5.41) is 10.8. The fourth-order valence-corrected chi connectivity index (χ4v) is 2.50. The Bertz CT molecular complexity index is 1040. The molecule has 0 spiro atoms. The van der Waals surface area contributed by atoms with E-state index in [0.717, 1.165) is 18.2 Å². The predicted octanol–water partition coefficient (Wildman–Crippen LogP) is 5.69. The Morgan fingerprint density at radius 3 is 2.14 bits per heavy atom. The van der Waals surface area contributed by atoms with Crippen molar-refractivity contribution in [1.29, 1.82) is 0 Å². The van der Waals surface area contributed by atoms with Crippen LogP contribution < -0.4 is 0 Å². The SMILES string of the molecule is O=[N+]([O-])c1cccc(-c2nc3ccc(C(F)(C(F)(F)F)C(F)(F)F)cc3o2)c1. The summed E-state index contributed by atoms with van der Waals surface area (Å²) in [6.07, 6.45) is -12.5. The Morgan fingerprint density at radius 2 is 1.57 bits per heavy atom. The first-order chi connectivity index (χ1) is 12.8. The molecule has 3 aromatic rings. The number of oxazole rings is 1. The molecule has 5 nitrogen and oxygen atoms in total. The van der Waals surface area contributed by atoms with Gasteiger partial charge in [-0.3, -0.25) is 10.1 Å². The molecule has 148 valence electrons. The molecule has 1 aromatic heterocycles. The quantitative estimate of drug-likeness (QED) is 0.317. The Kier molecular flexibility index (Phi) is 4.32. The van der Waals surface area contributed by atoms with Crippen LogP contribution in [0.2, 0.25) is 0 Å². The number of non-ortho nitro benzene ring substituents is 1. The third-order valence-corrected chi connectivity index (χ3v) is 3.87. The van der Waals surface area contributed by atoms with Crippen molar-refractivity contribution >= 4 is 16.8 Å². The topological polar surface area (TPSA) is 69.2 Å². The van der Waals surface area contributed by atoms with E-state index in [0.29, 0.717) is 6.07 Å². The highest BCUT2D eigenvalue weighted by molar-refractivity contribution is 5.77. The Labute approximate surface area is 150 Å². The smallest absolute Gasteiger partial charge is 0.435 e. The zero-order valence-electron chi connectivity index (χ0n) is 13.3. The van der Waals surface area contributed by atoms with Crippen molar-refractivity contribution in [2.45, 2.75) is 18.0 Å². The van der Waals surface area contributed by atoms with Crippen LogP contribution in [-0.2, 0) is 5.67 Å². The number of hydrogen-bond donors (Lipinski definition) is 0. The molecule has 1 heterocycles. The van der Waals surface area contributed by atoms with Crippen molar-refractivity contribution in [3.63, 3.8) is 0 Å². The Morgan fingerprint density at radius 1 is 0.929 bits per heavy atom. The monoisotopic (exact) mass is 408 g/mol. The van der Waals surface area contributed by atoms with Crippen molar-refractivity contribution < 1.29 is 40.1 Å². The maximum Gasteiger partial charge on any atom is 0.435 e. The number of nitro benzene ring substituents is 1. The van der Waals surface area contributed by atoms with Crippen LogP contribution in [0, 0.1) is 10.1 Å². The van der Waals surface area contributed by atoms with Crippen molar-refractivity contribution in [3.05, 3.63) is 58.1 Å². The lowest BCUT2D eigenvalue weighted by atomic mass is 9.94. The van der Waals surface area contributed by atoms with Gasteiger partial charge in [-0.05, 0) is 18.2 Å². The zero-order valence-corrected chi connectivity index (χ0v) is 13.3. The van der Waals surface area contributed by atoms with Gasteiger partial charge in [-0.15, -0.1) is 0 Å². The van der Waals surface area contributed by atoms with Gasteiger partial charge in [0, 0.05) is 23.3 Å². The van der Waals surface area contributed by atoms with Gasteiger partial charge in [0.25, 0.3) is 5.69 Å². The number of rotatable bonds is 3. The number of halogens is 7. The van der Waals surface area contributed by atoms with Crippen LogP contribution in [0.1, 0.15) is 5.56 Å². The first kappa shape index (κ1) is 19.6. The second-order valence-corrected chi connectivity index (χ2v) is 5.66. The average Bonchev–Trinajstić information content (AvgIpc) is 3.02. The van der Waals surface area contributed by atoms with Gasteiger partial charge >= 0.3 is 18.0 Å². The minimum absolute atomic E-state index is 0.0603. The van der Waals surface area contributed by atoms with Crippen LogP contribution in [0.3, 0.4) is 0 Å². The minimum Gasteiger partial charge on any atom is -0.436 e. The maximum atomic E-state index is 14.2. The molecule has 0 amide bonds. The van der Waals surface area contributed by atoms with E-state index in [-0.39, 0.29) is 28.7 Å². The van der Waals surface area contributed by atoms with E-state index >= 15 is 0 Å². The van der Waals surface area contributed by atoms with Crippen molar-refractivity contribution in [2.24, 2.45) is 0 Å². The maximum absolute atomic E-state index is 14.2. The van der Waals surface area contributed by atoms with Crippen molar-refractivity contribution in [1.82, 2.24) is 4.98 Å².